The zero-order chi connectivity index (χ0) is 18.2. The minimum Gasteiger partial charge on any atom is -0.379 e. The third kappa shape index (κ3) is 5.54. The normalized spacial score (nSPS) is 17.1. The molecule has 1 unspecified atom stereocenters. The molecule has 1 aromatic heterocycles. The molecule has 0 radical (unpaired) electrons. The largest absolute Gasteiger partial charge is 0.379 e. The van der Waals surface area contributed by atoms with Gasteiger partial charge in [-0.2, -0.15) is 0 Å². The first-order chi connectivity index (χ1) is 12.8. The summed E-state index contributed by atoms with van der Waals surface area (Å²) in [6, 6.07) is 13.0. The Kier molecular flexibility index (Phi) is 7.49. The van der Waals surface area contributed by atoms with E-state index in [0.717, 1.165) is 49.8 Å². The molecule has 140 valence electrons. The van der Waals surface area contributed by atoms with Crippen molar-refractivity contribution in [2.45, 2.75) is 12.6 Å². The van der Waals surface area contributed by atoms with Crippen LogP contribution in [0.25, 0.3) is 0 Å². The first kappa shape index (κ1) is 19.4. The highest BCUT2D eigenvalue weighted by Gasteiger charge is 2.23. The molecule has 1 aromatic carbocycles. The molecule has 3 rings (SSSR count). The van der Waals surface area contributed by atoms with Crippen LogP contribution in [-0.2, 0) is 11.3 Å². The summed E-state index contributed by atoms with van der Waals surface area (Å²) in [4.78, 5) is 8.23. The van der Waals surface area contributed by atoms with Crippen molar-refractivity contribution in [3.63, 3.8) is 0 Å². The van der Waals surface area contributed by atoms with E-state index in [-0.39, 0.29) is 0 Å². The van der Waals surface area contributed by atoms with Crippen LogP contribution in [0, 0.1) is 0 Å². The second-order valence-electron chi connectivity index (χ2n) is 6.11. The number of nitrogens with zero attached hydrogens (tertiary/aromatic N) is 2. The highest BCUT2D eigenvalue weighted by molar-refractivity contribution is 9.10. The van der Waals surface area contributed by atoms with Gasteiger partial charge in [0.25, 0.3) is 0 Å². The number of hydrogen-bond acceptors (Lipinski definition) is 4. The van der Waals surface area contributed by atoms with E-state index in [0.29, 0.717) is 6.04 Å². The predicted octanol–water partition coefficient (Wildman–Crippen LogP) is 3.25. The number of guanidine groups is 1. The molecule has 2 heterocycles. The monoisotopic (exact) mass is 436 g/mol. The number of ether oxygens (including phenoxy) is 1. The minimum absolute atomic E-state index is 0.338. The second kappa shape index (κ2) is 10.1. The molecule has 2 aromatic rings. The predicted molar refractivity (Wildman–Crippen MR) is 112 cm³/mol. The number of halogens is 1. The lowest BCUT2D eigenvalue weighted by molar-refractivity contribution is 0.0177. The molecule has 26 heavy (non-hydrogen) atoms. The number of hydrogen-bond donors (Lipinski definition) is 2. The van der Waals surface area contributed by atoms with Crippen LogP contribution in [0.15, 0.2) is 51.2 Å². The fraction of sp³-hybridized carbons (Fsp3) is 0.421. The molecular weight excluding hydrogens is 412 g/mol. The van der Waals surface area contributed by atoms with Gasteiger partial charge < -0.3 is 15.4 Å². The average molecular weight is 437 g/mol. The summed E-state index contributed by atoms with van der Waals surface area (Å²) >= 11 is 5.28. The molecule has 0 aliphatic carbocycles. The molecule has 5 nitrogen and oxygen atoms in total. The van der Waals surface area contributed by atoms with E-state index in [2.05, 4.69) is 78.2 Å². The van der Waals surface area contributed by atoms with Gasteiger partial charge in [0.2, 0.25) is 0 Å². The fourth-order valence-corrected chi connectivity index (χ4v) is 4.11. The Morgan fingerprint density at radius 1 is 1.23 bits per heavy atom. The van der Waals surface area contributed by atoms with E-state index in [1.165, 1.54) is 10.4 Å². The van der Waals surface area contributed by atoms with Gasteiger partial charge in [-0.05, 0) is 29.1 Å². The van der Waals surface area contributed by atoms with Crippen LogP contribution < -0.4 is 10.6 Å². The van der Waals surface area contributed by atoms with E-state index in [1.54, 1.807) is 0 Å². The topological polar surface area (TPSA) is 48.9 Å². The molecule has 1 saturated heterocycles. The Morgan fingerprint density at radius 3 is 2.65 bits per heavy atom. The lowest BCUT2D eigenvalue weighted by atomic mass is 10.2. The number of nitrogens with one attached hydrogen (secondary N) is 2. The number of rotatable bonds is 6. The molecule has 0 bridgehead atoms. The van der Waals surface area contributed by atoms with Crippen LogP contribution in [0.4, 0.5) is 0 Å². The van der Waals surface area contributed by atoms with Gasteiger partial charge in [0.05, 0.1) is 19.3 Å². The number of thiophene rings is 1. The molecule has 0 spiro atoms. The van der Waals surface area contributed by atoms with E-state index < -0.39 is 0 Å². The third-order valence-corrected chi connectivity index (χ3v) is 5.92. The van der Waals surface area contributed by atoms with Crippen LogP contribution in [0.3, 0.4) is 0 Å². The molecular formula is C19H25BrN4OS. The highest BCUT2D eigenvalue weighted by Crippen LogP contribution is 2.25. The lowest BCUT2D eigenvalue weighted by Crippen LogP contribution is -2.46. The van der Waals surface area contributed by atoms with E-state index in [1.807, 2.05) is 18.4 Å². The molecule has 0 saturated carbocycles. The Balaban J connectivity index is 1.56. The Hall–Kier alpha value is -1.41. The first-order valence-electron chi connectivity index (χ1n) is 8.80. The van der Waals surface area contributed by atoms with Crippen molar-refractivity contribution in [2.75, 3.05) is 39.9 Å². The van der Waals surface area contributed by atoms with Gasteiger partial charge in [-0.25, -0.2) is 0 Å². The summed E-state index contributed by atoms with van der Waals surface area (Å²) in [5.74, 6) is 0.822. The lowest BCUT2D eigenvalue weighted by Gasteiger charge is -2.34. The van der Waals surface area contributed by atoms with E-state index >= 15 is 0 Å². The van der Waals surface area contributed by atoms with Gasteiger partial charge in [0.1, 0.15) is 0 Å². The number of morpholine rings is 1. The van der Waals surface area contributed by atoms with Crippen LogP contribution in [0.1, 0.15) is 16.5 Å². The van der Waals surface area contributed by atoms with Crippen LogP contribution in [0.2, 0.25) is 0 Å². The zero-order valence-corrected chi connectivity index (χ0v) is 17.4. The van der Waals surface area contributed by atoms with Gasteiger partial charge >= 0.3 is 0 Å². The van der Waals surface area contributed by atoms with Crippen molar-refractivity contribution >= 4 is 33.2 Å². The van der Waals surface area contributed by atoms with Gasteiger partial charge in [-0.1, -0.05) is 34.1 Å². The highest BCUT2D eigenvalue weighted by atomic mass is 79.9. The second-order valence-corrected chi connectivity index (χ2v) is 8.01. The van der Waals surface area contributed by atoms with Crippen molar-refractivity contribution < 1.29 is 4.74 Å². The minimum atomic E-state index is 0.338. The van der Waals surface area contributed by atoms with Crippen LogP contribution >= 0.6 is 27.3 Å². The molecule has 2 N–H and O–H groups in total. The summed E-state index contributed by atoms with van der Waals surface area (Å²) in [6.45, 7) is 5.11. The SMILES string of the molecule is CN=C(NCc1ccc(Br)cc1)NCC(c1cccs1)N1CCOCC1. The van der Waals surface area contributed by atoms with E-state index in [4.69, 9.17) is 4.74 Å². The average Bonchev–Trinajstić information content (AvgIpc) is 3.21. The Morgan fingerprint density at radius 2 is 2.00 bits per heavy atom. The van der Waals surface area contributed by atoms with Crippen molar-refractivity contribution in [2.24, 2.45) is 4.99 Å². The van der Waals surface area contributed by atoms with E-state index in [9.17, 15) is 0 Å². The molecule has 1 atom stereocenters. The number of benzene rings is 1. The zero-order valence-electron chi connectivity index (χ0n) is 15.0. The maximum absolute atomic E-state index is 5.51. The van der Waals surface area contributed by atoms with Crippen molar-refractivity contribution in [1.82, 2.24) is 15.5 Å². The molecule has 7 heteroatoms. The van der Waals surface area contributed by atoms with Gasteiger partial charge in [0.15, 0.2) is 5.96 Å². The van der Waals surface area contributed by atoms with Gasteiger partial charge in [-0.15, -0.1) is 11.3 Å². The molecule has 0 amide bonds. The maximum atomic E-state index is 5.51. The third-order valence-electron chi connectivity index (χ3n) is 4.42. The van der Waals surface area contributed by atoms with Crippen molar-refractivity contribution in [3.8, 4) is 0 Å². The summed E-state index contributed by atoms with van der Waals surface area (Å²) in [7, 11) is 1.81. The van der Waals surface area contributed by atoms with Crippen LogP contribution in [0.5, 0.6) is 0 Å². The Labute approximate surface area is 167 Å². The van der Waals surface area contributed by atoms with Gasteiger partial charge in [0, 0.05) is 42.6 Å². The molecule has 1 fully saturated rings. The van der Waals surface area contributed by atoms with Crippen molar-refractivity contribution in [1.29, 1.82) is 0 Å². The molecule has 1 aliphatic rings. The summed E-state index contributed by atoms with van der Waals surface area (Å²) in [6.07, 6.45) is 0. The standard InChI is InChI=1S/C19H25BrN4OS/c1-21-19(22-13-15-4-6-16(20)7-5-15)23-14-17(18-3-2-12-26-18)24-8-10-25-11-9-24/h2-7,12,17H,8-11,13-14H2,1H3,(H2,21,22,23). The van der Waals surface area contributed by atoms with Crippen LogP contribution in [-0.4, -0.2) is 50.8 Å². The summed E-state index contributed by atoms with van der Waals surface area (Å²) < 4.78 is 6.60. The Bertz CT molecular complexity index is 684. The smallest absolute Gasteiger partial charge is 0.191 e. The number of aliphatic imine (C=N–C) groups is 1. The molecule has 1 aliphatic heterocycles. The summed E-state index contributed by atoms with van der Waals surface area (Å²) in [5.41, 5.74) is 1.22. The van der Waals surface area contributed by atoms with Gasteiger partial charge in [-0.3, -0.25) is 9.89 Å². The summed E-state index contributed by atoms with van der Waals surface area (Å²) in [5, 5.41) is 9.03. The maximum Gasteiger partial charge on any atom is 0.191 e. The fourth-order valence-electron chi connectivity index (χ4n) is 2.98. The first-order valence-corrected chi connectivity index (χ1v) is 10.5. The quantitative estimate of drug-likeness (QED) is 0.538. The van der Waals surface area contributed by atoms with Crippen molar-refractivity contribution in [3.05, 3.63) is 56.7 Å².